The normalized spacial score (nSPS) is 20.8. The molecule has 0 saturated carbocycles. The largest absolute Gasteiger partial charge is 0.490 e. The van der Waals surface area contributed by atoms with Gasteiger partial charge in [-0.2, -0.15) is 13.2 Å². The number of aliphatic carboxylic acids is 1. The van der Waals surface area contributed by atoms with Crippen LogP contribution in [-0.2, 0) is 24.3 Å². The Bertz CT molecular complexity index is 1010. The fourth-order valence-electron chi connectivity index (χ4n) is 4.47. The molecular weight excluding hydrogens is 451 g/mol. The first-order valence-corrected chi connectivity index (χ1v) is 11.3. The first-order chi connectivity index (χ1) is 15.9. The molecule has 0 bridgehead atoms. The van der Waals surface area contributed by atoms with Gasteiger partial charge in [0.2, 0.25) is 0 Å². The molecule has 2 aliphatic heterocycles. The molecule has 1 aromatic heterocycles. The van der Waals surface area contributed by atoms with Gasteiger partial charge in [0.15, 0.2) is 0 Å². The van der Waals surface area contributed by atoms with E-state index in [4.69, 9.17) is 14.3 Å². The lowest BCUT2D eigenvalue weighted by atomic mass is 9.92. The highest BCUT2D eigenvalue weighted by atomic mass is 19.4. The lowest BCUT2D eigenvalue weighted by Crippen LogP contribution is -2.42. The maximum Gasteiger partial charge on any atom is 0.490 e. The second-order valence-electron chi connectivity index (χ2n) is 9.24. The summed E-state index contributed by atoms with van der Waals surface area (Å²) in [5, 5.41) is 7.12. The highest BCUT2D eigenvalue weighted by molar-refractivity contribution is 5.89. The minimum Gasteiger partial charge on any atom is -0.475 e. The number of nitrogens with zero attached hydrogens (tertiary/aromatic N) is 3. The van der Waals surface area contributed by atoms with Gasteiger partial charge in [0, 0.05) is 39.1 Å². The Morgan fingerprint density at radius 2 is 1.79 bits per heavy atom. The van der Waals surface area contributed by atoms with Crippen LogP contribution >= 0.6 is 0 Å². The van der Waals surface area contributed by atoms with E-state index >= 15 is 0 Å². The van der Waals surface area contributed by atoms with Crippen LogP contribution in [0.2, 0.25) is 0 Å². The number of hydrogen-bond donors (Lipinski definition) is 1. The van der Waals surface area contributed by atoms with Crippen molar-refractivity contribution < 1.29 is 32.3 Å². The molecule has 7 nitrogen and oxygen atoms in total. The summed E-state index contributed by atoms with van der Waals surface area (Å²) < 4.78 is 37.6. The number of piperidine rings is 1. The summed E-state index contributed by atoms with van der Waals surface area (Å²) in [4.78, 5) is 30.7. The number of aryl methyl sites for hydroxylation is 1. The third-order valence-electron chi connectivity index (χ3n) is 6.04. The highest BCUT2D eigenvalue weighted by Gasteiger charge is 2.38. The second-order valence-corrected chi connectivity index (χ2v) is 9.24. The Morgan fingerprint density at radius 1 is 1.18 bits per heavy atom. The van der Waals surface area contributed by atoms with Gasteiger partial charge in [-0.05, 0) is 36.3 Å². The van der Waals surface area contributed by atoms with Crippen LogP contribution in [0.5, 0.6) is 0 Å². The maximum atomic E-state index is 12.9. The van der Waals surface area contributed by atoms with Crippen molar-refractivity contribution in [2.45, 2.75) is 52.9 Å². The van der Waals surface area contributed by atoms with Crippen molar-refractivity contribution in [3.05, 3.63) is 52.7 Å². The molecule has 186 valence electrons. The van der Waals surface area contributed by atoms with E-state index in [1.807, 2.05) is 4.90 Å². The molecular formula is C24H30F3N3O4. The molecule has 34 heavy (non-hydrogen) atoms. The summed E-state index contributed by atoms with van der Waals surface area (Å²) in [6.45, 7) is 10.8. The number of benzene rings is 1. The van der Waals surface area contributed by atoms with Gasteiger partial charge in [-0.1, -0.05) is 38.1 Å². The standard InChI is InChI=1S/C22H29N3O2.C2HF3O2/c1-15-10-16(2)12-25(11-15)22(26)21-23-19-14-24(9-8-20(19)27-21)13-18-7-5-4-6-17(18)3;3-2(4,5)1(6)7/h4-7,15-16H,8-14H2,1-3H3;(H,6,7). The van der Waals surface area contributed by atoms with Gasteiger partial charge in [0.1, 0.15) is 5.76 Å². The monoisotopic (exact) mass is 481 g/mol. The Hall–Kier alpha value is -2.88. The van der Waals surface area contributed by atoms with Gasteiger partial charge in [0.25, 0.3) is 5.89 Å². The van der Waals surface area contributed by atoms with E-state index in [2.05, 4.69) is 54.9 Å². The third kappa shape index (κ3) is 6.59. The predicted molar refractivity (Wildman–Crippen MR) is 118 cm³/mol. The van der Waals surface area contributed by atoms with Crippen molar-refractivity contribution in [1.82, 2.24) is 14.8 Å². The van der Waals surface area contributed by atoms with Gasteiger partial charge < -0.3 is 14.4 Å². The molecule has 2 aliphatic rings. The molecule has 1 fully saturated rings. The molecule has 10 heteroatoms. The maximum absolute atomic E-state index is 12.9. The summed E-state index contributed by atoms with van der Waals surface area (Å²) in [6.07, 6.45) is -3.09. The Labute approximate surface area is 196 Å². The van der Waals surface area contributed by atoms with Crippen LogP contribution in [0, 0.1) is 18.8 Å². The summed E-state index contributed by atoms with van der Waals surface area (Å²) in [5.41, 5.74) is 3.58. The molecule has 2 atom stereocenters. The van der Waals surface area contributed by atoms with Gasteiger partial charge >= 0.3 is 18.1 Å². The number of alkyl halides is 3. The number of likely N-dealkylation sites (tertiary alicyclic amines) is 1. The van der Waals surface area contributed by atoms with Crippen LogP contribution in [-0.4, -0.2) is 57.6 Å². The number of amides is 1. The lowest BCUT2D eigenvalue weighted by molar-refractivity contribution is -0.192. The molecule has 0 aliphatic carbocycles. The fourth-order valence-corrected chi connectivity index (χ4v) is 4.47. The van der Waals surface area contributed by atoms with Crippen molar-refractivity contribution in [2.24, 2.45) is 11.8 Å². The van der Waals surface area contributed by atoms with Gasteiger partial charge in [-0.3, -0.25) is 9.69 Å². The van der Waals surface area contributed by atoms with Crippen molar-refractivity contribution in [3.8, 4) is 0 Å². The Balaban J connectivity index is 0.000000406. The average Bonchev–Trinajstić information content (AvgIpc) is 3.17. The number of oxazole rings is 1. The number of aromatic nitrogens is 1. The average molecular weight is 482 g/mol. The van der Waals surface area contributed by atoms with E-state index in [9.17, 15) is 18.0 Å². The zero-order valence-electron chi connectivity index (χ0n) is 19.6. The predicted octanol–water partition coefficient (Wildman–Crippen LogP) is 4.29. The van der Waals surface area contributed by atoms with E-state index in [0.29, 0.717) is 11.8 Å². The molecule has 4 rings (SSSR count). The number of halogens is 3. The second kappa shape index (κ2) is 10.6. The lowest BCUT2D eigenvalue weighted by Gasteiger charge is -2.34. The number of carboxylic acids is 1. The van der Waals surface area contributed by atoms with Crippen LogP contribution in [0.15, 0.2) is 28.7 Å². The van der Waals surface area contributed by atoms with Gasteiger partial charge in [0.05, 0.1) is 5.69 Å². The smallest absolute Gasteiger partial charge is 0.475 e. The van der Waals surface area contributed by atoms with Crippen LogP contribution in [0.1, 0.15) is 53.5 Å². The summed E-state index contributed by atoms with van der Waals surface area (Å²) in [7, 11) is 0. The van der Waals surface area contributed by atoms with Crippen LogP contribution in [0.4, 0.5) is 13.2 Å². The number of fused-ring (bicyclic) bond motifs is 1. The molecule has 0 radical (unpaired) electrons. The zero-order chi connectivity index (χ0) is 25.0. The summed E-state index contributed by atoms with van der Waals surface area (Å²) >= 11 is 0. The van der Waals surface area contributed by atoms with Crippen LogP contribution in [0.3, 0.4) is 0 Å². The number of carbonyl (C=O) groups is 2. The fraction of sp³-hybridized carbons (Fsp3) is 0.542. The van der Waals surface area contributed by atoms with Gasteiger partial charge in [-0.15, -0.1) is 0 Å². The molecule has 1 saturated heterocycles. The molecule has 2 aromatic rings. The topological polar surface area (TPSA) is 86.9 Å². The number of carbonyl (C=O) groups excluding carboxylic acids is 1. The zero-order valence-corrected chi connectivity index (χ0v) is 19.6. The Kier molecular flexibility index (Phi) is 8.01. The summed E-state index contributed by atoms with van der Waals surface area (Å²) in [5.74, 6) is -0.573. The minimum absolute atomic E-state index is 0.0479. The van der Waals surface area contributed by atoms with E-state index in [-0.39, 0.29) is 11.8 Å². The van der Waals surface area contributed by atoms with E-state index in [1.54, 1.807) is 0 Å². The number of carboxylic acid groups (broad SMARTS) is 1. The summed E-state index contributed by atoms with van der Waals surface area (Å²) in [6, 6.07) is 8.50. The number of hydrogen-bond acceptors (Lipinski definition) is 5. The van der Waals surface area contributed by atoms with Crippen molar-refractivity contribution in [2.75, 3.05) is 19.6 Å². The molecule has 3 heterocycles. The molecule has 1 N–H and O–H groups in total. The quantitative estimate of drug-likeness (QED) is 0.704. The van der Waals surface area contributed by atoms with Crippen LogP contribution in [0.25, 0.3) is 0 Å². The van der Waals surface area contributed by atoms with E-state index in [1.165, 1.54) is 17.5 Å². The first-order valence-electron chi connectivity index (χ1n) is 11.3. The van der Waals surface area contributed by atoms with Gasteiger partial charge in [-0.25, -0.2) is 9.78 Å². The van der Waals surface area contributed by atoms with Crippen LogP contribution < -0.4 is 0 Å². The van der Waals surface area contributed by atoms with Crippen molar-refractivity contribution in [1.29, 1.82) is 0 Å². The highest BCUT2D eigenvalue weighted by Crippen LogP contribution is 2.25. The minimum atomic E-state index is -5.08. The molecule has 2 unspecified atom stereocenters. The van der Waals surface area contributed by atoms with Crippen molar-refractivity contribution >= 4 is 11.9 Å². The molecule has 1 aromatic carbocycles. The van der Waals surface area contributed by atoms with E-state index < -0.39 is 12.1 Å². The number of rotatable bonds is 3. The Morgan fingerprint density at radius 3 is 2.38 bits per heavy atom. The molecule has 0 spiro atoms. The van der Waals surface area contributed by atoms with E-state index in [0.717, 1.165) is 50.6 Å². The van der Waals surface area contributed by atoms with Crippen molar-refractivity contribution in [3.63, 3.8) is 0 Å². The molecule has 1 amide bonds. The third-order valence-corrected chi connectivity index (χ3v) is 6.04. The SMILES string of the molecule is Cc1ccccc1CN1CCc2oc(C(=O)N3CC(C)CC(C)C3)nc2C1.O=C(O)C(F)(F)F. The first kappa shape index (κ1) is 25.7.